The SMILES string of the molecule is Br.C=CC[N+](C)(C)CCC[N-]S(=O)(=O)CCCCCCCCCCCCCCCC. The van der Waals surface area contributed by atoms with Crippen LogP contribution in [0.2, 0.25) is 0 Å². The van der Waals surface area contributed by atoms with E-state index in [1.165, 1.54) is 70.6 Å². The molecule has 0 aromatic rings. The van der Waals surface area contributed by atoms with E-state index < -0.39 is 10.0 Å². The number of unbranched alkanes of at least 4 members (excludes halogenated alkanes) is 13. The average Bonchev–Trinajstić information content (AvgIpc) is 2.65. The molecule has 0 unspecified atom stereocenters. The molecule has 4 nitrogen and oxygen atoms in total. The molecule has 0 heterocycles. The zero-order chi connectivity index (χ0) is 21.8. The van der Waals surface area contributed by atoms with Crippen LogP contribution < -0.4 is 0 Å². The van der Waals surface area contributed by atoms with Crippen LogP contribution in [0.25, 0.3) is 4.72 Å². The van der Waals surface area contributed by atoms with Crippen molar-refractivity contribution in [3.05, 3.63) is 17.4 Å². The van der Waals surface area contributed by atoms with Gasteiger partial charge in [-0.05, 0) is 18.9 Å². The molecule has 0 N–H and O–H groups in total. The third kappa shape index (κ3) is 22.8. The second-order valence-electron chi connectivity index (χ2n) is 9.22. The largest absolute Gasteiger partial charge is 0.549 e. The number of quaternary nitrogens is 1. The lowest BCUT2D eigenvalue weighted by atomic mass is 10.0. The van der Waals surface area contributed by atoms with Gasteiger partial charge in [0.05, 0.1) is 37.2 Å². The van der Waals surface area contributed by atoms with Crippen molar-refractivity contribution in [3.63, 3.8) is 0 Å². The van der Waals surface area contributed by atoms with Gasteiger partial charge in [0.25, 0.3) is 0 Å². The number of likely N-dealkylation sites (N-methyl/N-ethyl adjacent to an activating group) is 1. The third-order valence-corrected chi connectivity index (χ3v) is 6.97. The van der Waals surface area contributed by atoms with Crippen molar-refractivity contribution in [1.29, 1.82) is 0 Å². The number of sulfonamides is 1. The summed E-state index contributed by atoms with van der Waals surface area (Å²) < 4.78 is 28.8. The Balaban J connectivity index is 0. The number of halogens is 1. The molecule has 0 radical (unpaired) electrons. The Hall–Kier alpha value is 0.0900. The molecule has 0 saturated heterocycles. The summed E-state index contributed by atoms with van der Waals surface area (Å²) in [5.41, 5.74) is 0. The summed E-state index contributed by atoms with van der Waals surface area (Å²) in [6.45, 7) is 8.26. The van der Waals surface area contributed by atoms with Gasteiger partial charge in [-0.2, -0.15) is 0 Å². The maximum absolute atomic E-state index is 12.0. The first-order valence-corrected chi connectivity index (χ1v) is 13.8. The molecule has 0 aliphatic heterocycles. The quantitative estimate of drug-likeness (QED) is 0.0864. The van der Waals surface area contributed by atoms with Crippen LogP contribution in [0.1, 0.15) is 103 Å². The average molecular weight is 512 g/mol. The van der Waals surface area contributed by atoms with Gasteiger partial charge in [0.15, 0.2) is 0 Å². The summed E-state index contributed by atoms with van der Waals surface area (Å²) in [5.74, 6) is 0.218. The third-order valence-electron chi connectivity index (χ3n) is 5.59. The first-order valence-electron chi connectivity index (χ1n) is 12.2. The normalized spacial score (nSPS) is 12.0. The Bertz CT molecular complexity index is 482. The maximum Gasteiger partial charge on any atom is 0.0966 e. The van der Waals surface area contributed by atoms with Crippen LogP contribution in [0.3, 0.4) is 0 Å². The van der Waals surface area contributed by atoms with Gasteiger partial charge < -0.3 is 9.21 Å². The summed E-state index contributed by atoms with van der Waals surface area (Å²) in [7, 11) is 1.03. The summed E-state index contributed by atoms with van der Waals surface area (Å²) in [4.78, 5) is 0. The van der Waals surface area contributed by atoms with E-state index in [1.807, 2.05) is 6.08 Å². The molecule has 0 saturated carbocycles. The molecule has 182 valence electrons. The molecular weight excluding hydrogens is 460 g/mol. The molecular formula is C24H51BrN2O2S. The molecule has 0 fully saturated rings. The lowest BCUT2D eigenvalue weighted by Gasteiger charge is -2.30. The lowest BCUT2D eigenvalue weighted by molar-refractivity contribution is -0.884. The van der Waals surface area contributed by atoms with Crippen LogP contribution in [0.5, 0.6) is 0 Å². The lowest BCUT2D eigenvalue weighted by Crippen LogP contribution is -2.40. The van der Waals surface area contributed by atoms with Gasteiger partial charge in [-0.15, -0.1) is 23.5 Å². The van der Waals surface area contributed by atoms with Crippen LogP contribution >= 0.6 is 17.0 Å². The molecule has 0 amide bonds. The fourth-order valence-electron chi connectivity index (χ4n) is 3.69. The predicted molar refractivity (Wildman–Crippen MR) is 139 cm³/mol. The van der Waals surface area contributed by atoms with Crippen molar-refractivity contribution in [1.82, 2.24) is 0 Å². The minimum Gasteiger partial charge on any atom is -0.549 e. The fourth-order valence-corrected chi connectivity index (χ4v) is 4.79. The van der Waals surface area contributed by atoms with Crippen LogP contribution in [-0.2, 0) is 10.0 Å². The van der Waals surface area contributed by atoms with Crippen molar-refractivity contribution in [2.45, 2.75) is 103 Å². The molecule has 6 heteroatoms. The van der Waals surface area contributed by atoms with Crippen LogP contribution in [-0.4, -0.2) is 52.4 Å². The zero-order valence-corrected chi connectivity index (χ0v) is 22.8. The molecule has 0 aliphatic rings. The second kappa shape index (κ2) is 21.0. The topological polar surface area (TPSA) is 48.2 Å². The summed E-state index contributed by atoms with van der Waals surface area (Å²) in [6.07, 6.45) is 20.6. The fraction of sp³-hybridized carbons (Fsp3) is 0.917. The Labute approximate surface area is 199 Å². The van der Waals surface area contributed by atoms with E-state index in [9.17, 15) is 8.42 Å². The smallest absolute Gasteiger partial charge is 0.0966 e. The van der Waals surface area contributed by atoms with Gasteiger partial charge in [0.2, 0.25) is 0 Å². The highest BCUT2D eigenvalue weighted by atomic mass is 79.9. The van der Waals surface area contributed by atoms with Crippen molar-refractivity contribution >= 4 is 27.0 Å². The van der Waals surface area contributed by atoms with E-state index in [2.05, 4.69) is 32.3 Å². The van der Waals surface area contributed by atoms with Gasteiger partial charge in [0.1, 0.15) is 0 Å². The molecule has 30 heavy (non-hydrogen) atoms. The maximum atomic E-state index is 12.0. The Morgan fingerprint density at radius 2 is 1.20 bits per heavy atom. The number of hydrogen-bond acceptors (Lipinski definition) is 2. The van der Waals surface area contributed by atoms with Gasteiger partial charge in [-0.25, -0.2) is 8.42 Å². The summed E-state index contributed by atoms with van der Waals surface area (Å²) in [5, 5.41) is 0. The van der Waals surface area contributed by atoms with E-state index in [1.54, 1.807) is 0 Å². The van der Waals surface area contributed by atoms with E-state index in [4.69, 9.17) is 0 Å². The molecule has 0 atom stereocenters. The van der Waals surface area contributed by atoms with Gasteiger partial charge in [-0.3, -0.25) is 0 Å². The molecule has 0 bridgehead atoms. The first kappa shape index (κ1) is 32.3. The zero-order valence-electron chi connectivity index (χ0n) is 20.2. The van der Waals surface area contributed by atoms with E-state index in [0.29, 0.717) is 6.54 Å². The molecule has 0 aromatic heterocycles. The monoisotopic (exact) mass is 510 g/mol. The predicted octanol–water partition coefficient (Wildman–Crippen LogP) is 7.40. The summed E-state index contributed by atoms with van der Waals surface area (Å²) in [6, 6.07) is 0. The molecule has 0 aliphatic carbocycles. The highest BCUT2D eigenvalue weighted by Gasteiger charge is 2.10. The Morgan fingerprint density at radius 3 is 1.63 bits per heavy atom. The molecule has 0 rings (SSSR count). The van der Waals surface area contributed by atoms with E-state index in [0.717, 1.165) is 43.3 Å². The second-order valence-corrected chi connectivity index (χ2v) is 11.0. The van der Waals surface area contributed by atoms with Gasteiger partial charge >= 0.3 is 0 Å². The number of rotatable bonds is 22. The standard InChI is InChI=1S/C24H50N2O2S.BrH/c1-5-7-8-9-10-11-12-13-14-15-16-17-18-19-24-29(27,28)25-21-20-23-26(3,4)22-6-2;/h6H,2,5,7-24H2,1,3-4H3;1H. The van der Waals surface area contributed by atoms with Crippen LogP contribution in [0.4, 0.5) is 0 Å². The molecule has 0 aromatic carbocycles. The van der Waals surface area contributed by atoms with Crippen molar-refractivity contribution in [3.8, 4) is 0 Å². The number of nitrogens with zero attached hydrogens (tertiary/aromatic N) is 2. The van der Waals surface area contributed by atoms with Crippen LogP contribution in [0, 0.1) is 0 Å². The van der Waals surface area contributed by atoms with Crippen molar-refractivity contribution in [2.24, 2.45) is 0 Å². The molecule has 0 spiro atoms. The minimum atomic E-state index is -3.23. The Kier molecular flexibility index (Phi) is 22.5. The Morgan fingerprint density at radius 1 is 0.767 bits per heavy atom. The highest BCUT2D eigenvalue weighted by Crippen LogP contribution is 2.14. The van der Waals surface area contributed by atoms with Crippen molar-refractivity contribution in [2.75, 3.05) is 39.5 Å². The number of hydrogen-bond donors (Lipinski definition) is 0. The van der Waals surface area contributed by atoms with Crippen LogP contribution in [0.15, 0.2) is 12.7 Å². The summed E-state index contributed by atoms with van der Waals surface area (Å²) >= 11 is 0. The van der Waals surface area contributed by atoms with Gasteiger partial charge in [0, 0.05) is 5.75 Å². The first-order chi connectivity index (χ1) is 13.8. The van der Waals surface area contributed by atoms with Gasteiger partial charge in [-0.1, -0.05) is 97.0 Å². The van der Waals surface area contributed by atoms with E-state index in [-0.39, 0.29) is 22.7 Å². The minimum absolute atomic E-state index is 0. The van der Waals surface area contributed by atoms with E-state index >= 15 is 0 Å². The highest BCUT2D eigenvalue weighted by molar-refractivity contribution is 8.93. The van der Waals surface area contributed by atoms with Crippen molar-refractivity contribution < 1.29 is 12.9 Å².